The van der Waals surface area contributed by atoms with Gasteiger partial charge in [0, 0.05) is 18.0 Å². The number of benzene rings is 1. The molecular formula is C18H21NO5. The Kier molecular flexibility index (Phi) is 2.64. The maximum atomic E-state index is 12.7. The second-order valence-electron chi connectivity index (χ2n) is 7.56. The van der Waals surface area contributed by atoms with Crippen molar-refractivity contribution in [2.75, 3.05) is 20.7 Å². The lowest BCUT2D eigenvalue weighted by Gasteiger charge is -2.63. The third-order valence-corrected chi connectivity index (χ3v) is 6.78. The van der Waals surface area contributed by atoms with Crippen LogP contribution in [-0.2, 0) is 16.6 Å². The number of likely N-dealkylation sites (tertiary alicyclic amines) is 1. The molecule has 1 aromatic carbocycles. The zero-order valence-electron chi connectivity index (χ0n) is 13.8. The van der Waals surface area contributed by atoms with E-state index >= 15 is 0 Å². The van der Waals surface area contributed by atoms with Crippen LogP contribution in [0.25, 0.3) is 0 Å². The molecule has 1 unspecified atom stereocenters. The molecule has 24 heavy (non-hydrogen) atoms. The Bertz CT molecular complexity index is 764. The number of hydrogen-bond acceptors (Lipinski definition) is 6. The lowest BCUT2D eigenvalue weighted by molar-refractivity contribution is -0.226. The van der Waals surface area contributed by atoms with Gasteiger partial charge in [0.05, 0.1) is 18.6 Å². The number of rotatable bonds is 1. The molecule has 0 radical (unpaired) electrons. The van der Waals surface area contributed by atoms with E-state index in [1.807, 2.05) is 19.2 Å². The number of carbonyl (C=O) groups is 1. The molecule has 2 heterocycles. The molecule has 1 saturated heterocycles. The van der Waals surface area contributed by atoms with Gasteiger partial charge < -0.3 is 24.6 Å². The highest BCUT2D eigenvalue weighted by atomic mass is 16.5. The molecule has 2 bridgehead atoms. The Morgan fingerprint density at radius 2 is 2.17 bits per heavy atom. The van der Waals surface area contributed by atoms with Crippen molar-refractivity contribution in [3.63, 3.8) is 0 Å². The van der Waals surface area contributed by atoms with Gasteiger partial charge in [-0.05, 0) is 38.1 Å². The maximum absolute atomic E-state index is 12.7. The number of nitrogens with zero attached hydrogens (tertiary/aromatic N) is 1. The first-order valence-corrected chi connectivity index (χ1v) is 8.45. The topological polar surface area (TPSA) is 79.2 Å². The van der Waals surface area contributed by atoms with Crippen LogP contribution in [0.15, 0.2) is 12.1 Å². The molecule has 2 aliphatic heterocycles. The summed E-state index contributed by atoms with van der Waals surface area (Å²) < 4.78 is 11.5. The van der Waals surface area contributed by atoms with Crippen LogP contribution in [0.5, 0.6) is 11.5 Å². The Morgan fingerprint density at radius 3 is 2.92 bits per heavy atom. The molecule has 2 aliphatic carbocycles. The lowest BCUT2D eigenvalue weighted by atomic mass is 9.48. The molecule has 2 fully saturated rings. The summed E-state index contributed by atoms with van der Waals surface area (Å²) in [5, 5.41) is 22.5. The first-order chi connectivity index (χ1) is 11.4. The number of carbonyl (C=O) groups excluding carboxylic acids is 1. The average molecular weight is 331 g/mol. The minimum absolute atomic E-state index is 0.0705. The van der Waals surface area contributed by atoms with Gasteiger partial charge >= 0.3 is 0 Å². The van der Waals surface area contributed by atoms with Gasteiger partial charge in [0.2, 0.25) is 0 Å². The number of ether oxygens (including phenoxy) is 2. The Morgan fingerprint density at radius 1 is 1.38 bits per heavy atom. The van der Waals surface area contributed by atoms with Gasteiger partial charge in [-0.15, -0.1) is 0 Å². The first-order valence-electron chi connectivity index (χ1n) is 8.45. The van der Waals surface area contributed by atoms with E-state index in [4.69, 9.17) is 9.47 Å². The lowest BCUT2D eigenvalue weighted by Crippen LogP contribution is -2.80. The van der Waals surface area contributed by atoms with E-state index in [1.54, 1.807) is 7.11 Å². The van der Waals surface area contributed by atoms with E-state index in [2.05, 4.69) is 4.90 Å². The van der Waals surface area contributed by atoms with Crippen LogP contribution >= 0.6 is 0 Å². The summed E-state index contributed by atoms with van der Waals surface area (Å²) in [5.74, 6) is 1.02. The first kappa shape index (κ1) is 14.7. The number of piperidine rings is 1. The van der Waals surface area contributed by atoms with E-state index in [0.29, 0.717) is 24.3 Å². The van der Waals surface area contributed by atoms with Crippen LogP contribution in [0, 0.1) is 0 Å². The van der Waals surface area contributed by atoms with E-state index in [-0.39, 0.29) is 18.2 Å². The molecule has 128 valence electrons. The minimum atomic E-state index is -1.39. The fourth-order valence-corrected chi connectivity index (χ4v) is 5.73. The molecule has 6 heteroatoms. The average Bonchev–Trinajstić information content (AvgIpc) is 2.91. The predicted molar refractivity (Wildman–Crippen MR) is 84.4 cm³/mol. The second-order valence-corrected chi connectivity index (χ2v) is 7.56. The van der Waals surface area contributed by atoms with Crippen molar-refractivity contribution in [1.82, 2.24) is 4.90 Å². The highest BCUT2D eigenvalue weighted by molar-refractivity contribution is 5.90. The number of ketones is 1. The molecule has 1 spiro atoms. The zero-order valence-corrected chi connectivity index (χ0v) is 13.8. The van der Waals surface area contributed by atoms with Gasteiger partial charge in [-0.25, -0.2) is 0 Å². The van der Waals surface area contributed by atoms with Crippen molar-refractivity contribution in [1.29, 1.82) is 0 Å². The number of Topliss-reactive ketones (excluding diaryl/α,β-unsaturated/α-hetero) is 1. The largest absolute Gasteiger partial charge is 0.493 e. The van der Waals surface area contributed by atoms with Gasteiger partial charge in [-0.2, -0.15) is 0 Å². The molecule has 5 atom stereocenters. The minimum Gasteiger partial charge on any atom is -0.493 e. The normalized spacial score (nSPS) is 42.5. The number of aliphatic hydroxyl groups is 2. The van der Waals surface area contributed by atoms with Crippen LogP contribution in [-0.4, -0.2) is 65.4 Å². The second kappa shape index (κ2) is 4.31. The van der Waals surface area contributed by atoms with Crippen molar-refractivity contribution in [2.45, 2.75) is 48.5 Å². The third kappa shape index (κ3) is 1.31. The van der Waals surface area contributed by atoms with Crippen LogP contribution in [0.3, 0.4) is 0 Å². The van der Waals surface area contributed by atoms with E-state index in [1.165, 1.54) is 0 Å². The molecular weight excluding hydrogens is 310 g/mol. The predicted octanol–water partition coefficient (Wildman–Crippen LogP) is 0.0190. The highest BCUT2D eigenvalue weighted by Crippen LogP contribution is 2.64. The Balaban J connectivity index is 1.87. The van der Waals surface area contributed by atoms with Crippen molar-refractivity contribution in [2.24, 2.45) is 0 Å². The quantitative estimate of drug-likeness (QED) is 0.755. The van der Waals surface area contributed by atoms with Gasteiger partial charge in [0.15, 0.2) is 23.4 Å². The van der Waals surface area contributed by atoms with Crippen LogP contribution < -0.4 is 9.47 Å². The van der Waals surface area contributed by atoms with Crippen LogP contribution in [0.1, 0.15) is 24.0 Å². The molecule has 6 nitrogen and oxygen atoms in total. The standard InChI is InChI=1S/C18H21NO5/c1-19-6-5-17-14-9-3-4-11(23-2)15(14)24-16(17)10(20)8-13(21)18(17,22)12(19)7-9/h3-4,12-13,16,21-22H,5-8H2,1-2H3/t12?,13-,16-,17-,18-/m0/s1. The molecule has 1 saturated carbocycles. The number of methoxy groups -OCH3 is 1. The smallest absolute Gasteiger partial charge is 0.177 e. The van der Waals surface area contributed by atoms with Crippen molar-refractivity contribution < 1.29 is 24.5 Å². The maximum Gasteiger partial charge on any atom is 0.177 e. The van der Waals surface area contributed by atoms with Gasteiger partial charge in [0.1, 0.15) is 5.60 Å². The van der Waals surface area contributed by atoms with E-state index in [9.17, 15) is 15.0 Å². The number of aliphatic hydroxyl groups excluding tert-OH is 1. The summed E-state index contributed by atoms with van der Waals surface area (Å²) in [6, 6.07) is 3.64. The van der Waals surface area contributed by atoms with Gasteiger partial charge in [0.25, 0.3) is 0 Å². The van der Waals surface area contributed by atoms with E-state index in [0.717, 1.165) is 17.7 Å². The van der Waals surface area contributed by atoms with Crippen molar-refractivity contribution in [3.8, 4) is 11.5 Å². The summed E-state index contributed by atoms with van der Waals surface area (Å²) >= 11 is 0. The monoisotopic (exact) mass is 331 g/mol. The molecule has 0 amide bonds. The van der Waals surface area contributed by atoms with E-state index < -0.39 is 23.2 Å². The molecule has 0 aromatic heterocycles. The fourth-order valence-electron chi connectivity index (χ4n) is 5.73. The van der Waals surface area contributed by atoms with Gasteiger partial charge in [-0.3, -0.25) is 4.79 Å². The zero-order chi connectivity index (χ0) is 16.9. The van der Waals surface area contributed by atoms with Crippen molar-refractivity contribution in [3.05, 3.63) is 23.3 Å². The number of hydrogen-bond donors (Lipinski definition) is 2. The summed E-state index contributed by atoms with van der Waals surface area (Å²) in [5.41, 5.74) is -0.304. The summed E-state index contributed by atoms with van der Waals surface area (Å²) in [6.45, 7) is 0.753. The van der Waals surface area contributed by atoms with Crippen LogP contribution in [0.2, 0.25) is 0 Å². The third-order valence-electron chi connectivity index (χ3n) is 6.78. The Labute approximate surface area is 140 Å². The van der Waals surface area contributed by atoms with Gasteiger partial charge in [-0.1, -0.05) is 6.07 Å². The molecule has 1 aromatic rings. The summed E-state index contributed by atoms with van der Waals surface area (Å²) in [6.07, 6.45) is -0.686. The van der Waals surface area contributed by atoms with Crippen LogP contribution in [0.4, 0.5) is 0 Å². The fraction of sp³-hybridized carbons (Fsp3) is 0.611. The Hall–Kier alpha value is -1.63. The summed E-state index contributed by atoms with van der Waals surface area (Å²) in [7, 11) is 3.54. The number of likely N-dealkylation sites (N-methyl/N-ethyl adjacent to an activating group) is 1. The highest BCUT2D eigenvalue weighted by Gasteiger charge is 2.75. The SMILES string of the molecule is COc1ccc2c3c1O[C@H]1C(=O)C[C@H](O)[C@@]4(O)C(C2)N(C)CC[C@]314. The molecule has 5 rings (SSSR count). The summed E-state index contributed by atoms with van der Waals surface area (Å²) in [4.78, 5) is 14.8. The molecule has 2 N–H and O–H groups in total. The van der Waals surface area contributed by atoms with Crippen molar-refractivity contribution >= 4 is 5.78 Å². The molecule has 4 aliphatic rings.